The highest BCUT2D eigenvalue weighted by atomic mass is 127. The first-order valence-corrected chi connectivity index (χ1v) is 13.1. The zero-order valence-electron chi connectivity index (χ0n) is 18.1. The van der Waals surface area contributed by atoms with Crippen molar-refractivity contribution in [3.8, 4) is 5.75 Å². The Morgan fingerprint density at radius 1 is 1.03 bits per heavy atom. The zero-order valence-corrected chi connectivity index (χ0v) is 24.0. The van der Waals surface area contributed by atoms with E-state index in [2.05, 4.69) is 66.4 Å². The second-order valence-corrected chi connectivity index (χ2v) is 10.8. The summed E-state index contributed by atoms with van der Waals surface area (Å²) >= 11 is 7.63. The predicted octanol–water partition coefficient (Wildman–Crippen LogP) is 6.35. The summed E-state index contributed by atoms with van der Waals surface area (Å²) in [6.45, 7) is 2.10. The smallest absolute Gasteiger partial charge is 0.335 e. The fourth-order valence-electron chi connectivity index (χ4n) is 3.36. The Morgan fingerprint density at radius 3 is 2.31 bits per heavy atom. The van der Waals surface area contributed by atoms with Crippen LogP contribution in [-0.2, 0) is 16.2 Å². The molecular formula is C25H16BrFI2N2O4. The molecular weight excluding hydrogens is 745 g/mol. The van der Waals surface area contributed by atoms with Crippen LogP contribution in [-0.4, -0.2) is 17.8 Å². The minimum atomic E-state index is -0.799. The summed E-state index contributed by atoms with van der Waals surface area (Å²) in [4.78, 5) is 39.1. The lowest BCUT2D eigenvalue weighted by Gasteiger charge is -2.26. The van der Waals surface area contributed by atoms with Crippen molar-refractivity contribution in [1.82, 2.24) is 5.32 Å². The highest BCUT2D eigenvalue weighted by molar-refractivity contribution is 14.1. The molecule has 4 amide bonds. The summed E-state index contributed by atoms with van der Waals surface area (Å²) in [6.07, 6.45) is 1.46. The maximum absolute atomic E-state index is 13.2. The molecule has 178 valence electrons. The predicted molar refractivity (Wildman–Crippen MR) is 150 cm³/mol. The van der Waals surface area contributed by atoms with Crippen LogP contribution < -0.4 is 15.0 Å². The largest absolute Gasteiger partial charge is 0.487 e. The van der Waals surface area contributed by atoms with Crippen LogP contribution >= 0.6 is 61.1 Å². The minimum Gasteiger partial charge on any atom is -0.487 e. The second kappa shape index (κ2) is 10.7. The van der Waals surface area contributed by atoms with Crippen LogP contribution in [0.1, 0.15) is 16.7 Å². The number of imide groups is 2. The van der Waals surface area contributed by atoms with E-state index in [0.29, 0.717) is 17.0 Å². The lowest BCUT2D eigenvalue weighted by molar-refractivity contribution is -0.122. The van der Waals surface area contributed by atoms with Crippen molar-refractivity contribution in [1.29, 1.82) is 0 Å². The first-order chi connectivity index (χ1) is 16.6. The number of benzene rings is 3. The molecule has 0 atom stereocenters. The van der Waals surface area contributed by atoms with E-state index in [9.17, 15) is 18.8 Å². The van der Waals surface area contributed by atoms with Gasteiger partial charge in [-0.2, -0.15) is 0 Å². The number of carbonyl (C=O) groups excluding carboxylic acids is 3. The van der Waals surface area contributed by atoms with Crippen LogP contribution in [0, 0.1) is 19.9 Å². The average Bonchev–Trinajstić information content (AvgIpc) is 2.79. The maximum atomic E-state index is 13.2. The van der Waals surface area contributed by atoms with E-state index in [1.807, 2.05) is 6.92 Å². The number of ether oxygens (including phenoxy) is 1. The molecule has 6 nitrogen and oxygen atoms in total. The molecule has 0 aromatic heterocycles. The van der Waals surface area contributed by atoms with Crippen LogP contribution in [0.4, 0.5) is 14.9 Å². The van der Waals surface area contributed by atoms with Crippen molar-refractivity contribution in [2.75, 3.05) is 4.90 Å². The number of halogens is 4. The van der Waals surface area contributed by atoms with Crippen molar-refractivity contribution >= 4 is 90.7 Å². The van der Waals surface area contributed by atoms with Crippen LogP contribution in [0.2, 0.25) is 0 Å². The van der Waals surface area contributed by atoms with Gasteiger partial charge in [0.2, 0.25) is 0 Å². The molecule has 0 saturated carbocycles. The second-order valence-electron chi connectivity index (χ2n) is 7.62. The molecule has 3 aromatic carbocycles. The summed E-state index contributed by atoms with van der Waals surface area (Å²) in [5, 5.41) is 2.24. The number of amides is 4. The van der Waals surface area contributed by atoms with Gasteiger partial charge in [-0.15, -0.1) is 0 Å². The molecule has 1 saturated heterocycles. The van der Waals surface area contributed by atoms with E-state index in [1.165, 1.54) is 18.2 Å². The Morgan fingerprint density at radius 2 is 1.69 bits per heavy atom. The molecule has 10 heteroatoms. The third-order valence-corrected chi connectivity index (χ3v) is 7.62. The molecule has 1 heterocycles. The number of urea groups is 1. The zero-order chi connectivity index (χ0) is 25.3. The van der Waals surface area contributed by atoms with Crippen LogP contribution in [0.5, 0.6) is 5.75 Å². The number of hydrogen-bond donors (Lipinski definition) is 1. The number of anilines is 1. The van der Waals surface area contributed by atoms with Crippen LogP contribution in [0.3, 0.4) is 0 Å². The van der Waals surface area contributed by atoms with Crippen molar-refractivity contribution in [2.24, 2.45) is 0 Å². The first-order valence-electron chi connectivity index (χ1n) is 10.2. The molecule has 0 radical (unpaired) electrons. The van der Waals surface area contributed by atoms with E-state index in [1.54, 1.807) is 42.5 Å². The van der Waals surface area contributed by atoms with Gasteiger partial charge in [-0.1, -0.05) is 28.1 Å². The molecule has 4 rings (SSSR count). The summed E-state index contributed by atoms with van der Waals surface area (Å²) in [7, 11) is 0. The van der Waals surface area contributed by atoms with E-state index in [4.69, 9.17) is 4.74 Å². The number of carbonyl (C=O) groups is 3. The lowest BCUT2D eigenvalue weighted by Crippen LogP contribution is -2.54. The number of barbiturate groups is 1. The van der Waals surface area contributed by atoms with Gasteiger partial charge >= 0.3 is 6.03 Å². The van der Waals surface area contributed by atoms with Gasteiger partial charge in [0.15, 0.2) is 0 Å². The Hall–Kier alpha value is -2.32. The van der Waals surface area contributed by atoms with E-state index < -0.39 is 17.8 Å². The molecule has 3 aromatic rings. The number of aryl methyl sites for hydroxylation is 1. The molecule has 0 spiro atoms. The van der Waals surface area contributed by atoms with Crippen LogP contribution in [0.25, 0.3) is 6.08 Å². The van der Waals surface area contributed by atoms with E-state index in [-0.39, 0.29) is 18.0 Å². The minimum absolute atomic E-state index is 0.156. The van der Waals surface area contributed by atoms with Gasteiger partial charge in [0.25, 0.3) is 11.8 Å². The standard InChI is InChI=1S/C25H16BrFI2N2O4/c1-13-8-17(6-7-19(13)26)31-24(33)18(23(32)30-25(31)34)9-15-10-20(28)22(21(29)11-15)35-12-14-2-4-16(27)5-3-14/h2-11H,12H2,1H3,(H,30,32,34)/b18-9+. The maximum Gasteiger partial charge on any atom is 0.335 e. The van der Waals surface area contributed by atoms with Gasteiger partial charge in [0.05, 0.1) is 12.8 Å². The van der Waals surface area contributed by atoms with Crippen molar-refractivity contribution in [2.45, 2.75) is 13.5 Å². The molecule has 35 heavy (non-hydrogen) atoms. The molecule has 0 unspecified atom stereocenters. The molecule has 0 aliphatic carbocycles. The number of hydrogen-bond acceptors (Lipinski definition) is 4. The molecule has 0 bridgehead atoms. The van der Waals surface area contributed by atoms with Gasteiger partial charge in [0.1, 0.15) is 23.7 Å². The molecule has 1 fully saturated rings. The first kappa shape index (κ1) is 25.8. The van der Waals surface area contributed by atoms with E-state index >= 15 is 0 Å². The summed E-state index contributed by atoms with van der Waals surface area (Å²) < 4.78 is 21.4. The average molecular weight is 761 g/mol. The van der Waals surface area contributed by atoms with Gasteiger partial charge in [-0.3, -0.25) is 14.9 Å². The lowest BCUT2D eigenvalue weighted by atomic mass is 10.1. The van der Waals surface area contributed by atoms with Crippen molar-refractivity contribution in [3.05, 3.63) is 94.3 Å². The van der Waals surface area contributed by atoms with Gasteiger partial charge in [-0.05, 0) is 117 Å². The van der Waals surface area contributed by atoms with Gasteiger partial charge in [0, 0.05) is 4.47 Å². The molecule has 1 aliphatic rings. The Kier molecular flexibility index (Phi) is 7.91. The Balaban J connectivity index is 1.61. The topological polar surface area (TPSA) is 75.7 Å². The summed E-state index contributed by atoms with van der Waals surface area (Å²) in [5.74, 6) is -1.14. The van der Waals surface area contributed by atoms with Crippen molar-refractivity contribution < 1.29 is 23.5 Å². The highest BCUT2D eigenvalue weighted by Gasteiger charge is 2.37. The number of nitrogens with one attached hydrogen (secondary N) is 1. The van der Waals surface area contributed by atoms with Gasteiger partial charge in [-0.25, -0.2) is 14.1 Å². The highest BCUT2D eigenvalue weighted by Crippen LogP contribution is 2.32. The normalized spacial score (nSPS) is 14.9. The van der Waals surface area contributed by atoms with E-state index in [0.717, 1.165) is 27.6 Å². The third kappa shape index (κ3) is 5.75. The third-order valence-electron chi connectivity index (χ3n) is 5.13. The Bertz CT molecular complexity index is 1370. The molecule has 1 N–H and O–H groups in total. The van der Waals surface area contributed by atoms with Crippen molar-refractivity contribution in [3.63, 3.8) is 0 Å². The molecule has 1 aliphatic heterocycles. The quantitative estimate of drug-likeness (QED) is 0.187. The summed E-state index contributed by atoms with van der Waals surface area (Å²) in [5.41, 5.74) is 2.47. The summed E-state index contributed by atoms with van der Waals surface area (Å²) in [6, 6.07) is 13.9. The fourth-order valence-corrected chi connectivity index (χ4v) is 5.74. The number of rotatable bonds is 5. The Labute approximate surface area is 236 Å². The van der Waals surface area contributed by atoms with Crippen LogP contribution in [0.15, 0.2) is 64.6 Å². The number of nitrogens with zero attached hydrogens (tertiary/aromatic N) is 1. The monoisotopic (exact) mass is 760 g/mol. The van der Waals surface area contributed by atoms with Gasteiger partial charge < -0.3 is 4.74 Å². The SMILES string of the molecule is Cc1cc(N2C(=O)NC(=O)/C(=C\c3cc(I)c(OCc4ccc(F)cc4)c(I)c3)C2=O)ccc1Br. The fraction of sp³-hybridized carbons (Fsp3) is 0.0800.